The average molecular weight is 278 g/mol. The van der Waals surface area contributed by atoms with Crippen molar-refractivity contribution in [3.05, 3.63) is 0 Å². The zero-order valence-corrected chi connectivity index (χ0v) is 12.5. The van der Waals surface area contributed by atoms with Crippen LogP contribution in [0.4, 0.5) is 0 Å². The molecule has 0 amide bonds. The van der Waals surface area contributed by atoms with Gasteiger partial charge in [0.05, 0.1) is 12.0 Å². The maximum absolute atomic E-state index is 11.8. The number of unbranched alkanes of at least 4 members (excludes halogenated alkanes) is 2. The standard InChI is InChI=1S/C17H26O3/c1-3-4-5-6-12(18)7-8-13-15(19)10-9-14-16(13)11(2)17(14)20/h11-16,18-19H,3-6,9-10H2,1-2H3/t11?,12-,13+,14-,15-,16-/m0/s1. The lowest BCUT2D eigenvalue weighted by atomic mass is 9.53. The first kappa shape index (κ1) is 15.5. The summed E-state index contributed by atoms with van der Waals surface area (Å²) in [5, 5.41) is 20.0. The molecular weight excluding hydrogens is 252 g/mol. The minimum absolute atomic E-state index is 0.0199. The van der Waals surface area contributed by atoms with Gasteiger partial charge in [0.1, 0.15) is 11.9 Å². The first-order valence-electron chi connectivity index (χ1n) is 7.97. The maximum Gasteiger partial charge on any atom is 0.139 e. The quantitative estimate of drug-likeness (QED) is 0.612. The molecule has 112 valence electrons. The Morgan fingerprint density at radius 3 is 2.80 bits per heavy atom. The van der Waals surface area contributed by atoms with Crippen molar-refractivity contribution in [1.82, 2.24) is 0 Å². The van der Waals surface area contributed by atoms with E-state index in [-0.39, 0.29) is 23.7 Å². The molecule has 6 atom stereocenters. The highest BCUT2D eigenvalue weighted by Gasteiger charge is 2.54. The summed E-state index contributed by atoms with van der Waals surface area (Å²) < 4.78 is 0. The van der Waals surface area contributed by atoms with Crippen LogP contribution in [0.15, 0.2) is 0 Å². The van der Waals surface area contributed by atoms with Gasteiger partial charge in [0.2, 0.25) is 0 Å². The second-order valence-electron chi connectivity index (χ2n) is 6.35. The molecule has 3 heteroatoms. The van der Waals surface area contributed by atoms with E-state index in [1.54, 1.807) is 0 Å². The molecule has 2 aliphatic rings. The third kappa shape index (κ3) is 3.07. The fourth-order valence-electron chi connectivity index (χ4n) is 3.67. The van der Waals surface area contributed by atoms with E-state index in [9.17, 15) is 15.0 Å². The average Bonchev–Trinajstić information content (AvgIpc) is 2.45. The normalized spacial score (nSPS) is 37.4. The lowest BCUT2D eigenvalue weighted by Gasteiger charge is -2.49. The molecule has 2 saturated carbocycles. The van der Waals surface area contributed by atoms with Gasteiger partial charge in [-0.3, -0.25) is 4.79 Å². The van der Waals surface area contributed by atoms with Crippen molar-refractivity contribution in [2.75, 3.05) is 0 Å². The summed E-state index contributed by atoms with van der Waals surface area (Å²) in [6.07, 6.45) is 4.35. The Bertz CT molecular complexity index is 406. The minimum atomic E-state index is -0.597. The molecule has 0 radical (unpaired) electrons. The number of carbonyl (C=O) groups is 1. The molecule has 3 nitrogen and oxygen atoms in total. The second-order valence-corrected chi connectivity index (χ2v) is 6.35. The van der Waals surface area contributed by atoms with Crippen LogP contribution >= 0.6 is 0 Å². The van der Waals surface area contributed by atoms with Crippen LogP contribution in [-0.2, 0) is 4.79 Å². The van der Waals surface area contributed by atoms with Crippen LogP contribution in [0.5, 0.6) is 0 Å². The van der Waals surface area contributed by atoms with Gasteiger partial charge in [-0.2, -0.15) is 0 Å². The van der Waals surface area contributed by atoms with Gasteiger partial charge >= 0.3 is 0 Å². The van der Waals surface area contributed by atoms with Gasteiger partial charge in [0.25, 0.3) is 0 Å². The fourth-order valence-corrected chi connectivity index (χ4v) is 3.67. The molecule has 0 aromatic rings. The Balaban J connectivity index is 1.95. The zero-order chi connectivity index (χ0) is 14.7. The number of aliphatic hydroxyl groups is 2. The third-order valence-electron chi connectivity index (χ3n) is 4.96. The predicted octanol–water partition coefficient (Wildman–Crippen LogP) is 2.15. The fraction of sp³-hybridized carbons (Fsp3) is 0.824. The van der Waals surface area contributed by atoms with Gasteiger partial charge in [-0.05, 0) is 31.6 Å². The van der Waals surface area contributed by atoms with Crippen LogP contribution in [0.2, 0.25) is 0 Å². The van der Waals surface area contributed by atoms with Crippen LogP contribution < -0.4 is 0 Å². The van der Waals surface area contributed by atoms with Crippen molar-refractivity contribution < 1.29 is 15.0 Å². The molecule has 2 fully saturated rings. The van der Waals surface area contributed by atoms with Crippen LogP contribution in [0.3, 0.4) is 0 Å². The van der Waals surface area contributed by atoms with E-state index in [4.69, 9.17) is 0 Å². The number of carbonyl (C=O) groups excluding carboxylic acids is 1. The molecule has 0 heterocycles. The molecule has 2 N–H and O–H groups in total. The summed E-state index contributed by atoms with van der Waals surface area (Å²) >= 11 is 0. The molecule has 0 bridgehead atoms. The Morgan fingerprint density at radius 2 is 2.10 bits per heavy atom. The molecule has 0 saturated heterocycles. The number of fused-ring (bicyclic) bond motifs is 1. The SMILES string of the molecule is CCCCC[C@H](O)C#C[C@H]1[C@@H]2C(C)C(=O)[C@H]2CC[C@@H]1O. The Kier molecular flexibility index (Phi) is 5.23. The van der Waals surface area contributed by atoms with Crippen molar-refractivity contribution in [2.24, 2.45) is 23.7 Å². The highest BCUT2D eigenvalue weighted by molar-refractivity contribution is 5.90. The van der Waals surface area contributed by atoms with E-state index in [1.165, 1.54) is 0 Å². The summed E-state index contributed by atoms with van der Waals surface area (Å²) in [4.78, 5) is 11.8. The topological polar surface area (TPSA) is 57.5 Å². The molecule has 2 rings (SSSR count). The van der Waals surface area contributed by atoms with E-state index >= 15 is 0 Å². The van der Waals surface area contributed by atoms with Crippen molar-refractivity contribution >= 4 is 5.78 Å². The molecule has 1 unspecified atom stereocenters. The van der Waals surface area contributed by atoms with Crippen LogP contribution in [-0.4, -0.2) is 28.2 Å². The summed E-state index contributed by atoms with van der Waals surface area (Å²) in [6.45, 7) is 4.07. The van der Waals surface area contributed by atoms with Crippen molar-refractivity contribution in [3.63, 3.8) is 0 Å². The van der Waals surface area contributed by atoms with Crippen LogP contribution in [0.1, 0.15) is 52.4 Å². The maximum atomic E-state index is 11.8. The van der Waals surface area contributed by atoms with Gasteiger partial charge in [-0.1, -0.05) is 38.5 Å². The predicted molar refractivity (Wildman–Crippen MR) is 77.8 cm³/mol. The first-order chi connectivity index (χ1) is 9.56. The lowest BCUT2D eigenvalue weighted by molar-refractivity contribution is -0.151. The summed E-state index contributed by atoms with van der Waals surface area (Å²) in [5.41, 5.74) is 0. The molecule has 0 aromatic carbocycles. The minimum Gasteiger partial charge on any atom is -0.392 e. The van der Waals surface area contributed by atoms with E-state index in [2.05, 4.69) is 18.8 Å². The number of ketones is 1. The second kappa shape index (κ2) is 6.74. The summed E-state index contributed by atoms with van der Waals surface area (Å²) in [6, 6.07) is 0. The Labute approximate surface area is 121 Å². The van der Waals surface area contributed by atoms with Gasteiger partial charge in [-0.15, -0.1) is 0 Å². The van der Waals surface area contributed by atoms with Crippen LogP contribution in [0, 0.1) is 35.5 Å². The number of Topliss-reactive ketones (excluding diaryl/α,β-unsaturated/α-hetero) is 1. The molecule has 0 aliphatic heterocycles. The smallest absolute Gasteiger partial charge is 0.139 e. The molecule has 0 spiro atoms. The molecule has 2 aliphatic carbocycles. The van der Waals surface area contributed by atoms with Crippen molar-refractivity contribution in [2.45, 2.75) is 64.6 Å². The van der Waals surface area contributed by atoms with E-state index < -0.39 is 12.2 Å². The number of hydrogen-bond donors (Lipinski definition) is 2. The summed E-state index contributed by atoms with van der Waals surface area (Å²) in [5.74, 6) is 6.49. The molecule has 20 heavy (non-hydrogen) atoms. The van der Waals surface area contributed by atoms with Gasteiger partial charge in [0.15, 0.2) is 0 Å². The number of hydrogen-bond acceptors (Lipinski definition) is 3. The zero-order valence-electron chi connectivity index (χ0n) is 12.5. The van der Waals surface area contributed by atoms with Gasteiger partial charge in [-0.25, -0.2) is 0 Å². The number of aliphatic hydroxyl groups excluding tert-OH is 2. The lowest BCUT2D eigenvalue weighted by Crippen LogP contribution is -2.55. The van der Waals surface area contributed by atoms with Crippen molar-refractivity contribution in [1.29, 1.82) is 0 Å². The Morgan fingerprint density at radius 1 is 1.35 bits per heavy atom. The molecular formula is C17H26O3. The van der Waals surface area contributed by atoms with Crippen molar-refractivity contribution in [3.8, 4) is 11.8 Å². The van der Waals surface area contributed by atoms with Gasteiger partial charge in [0, 0.05) is 11.8 Å². The Hall–Kier alpha value is -0.850. The van der Waals surface area contributed by atoms with E-state index in [0.29, 0.717) is 18.6 Å². The van der Waals surface area contributed by atoms with Gasteiger partial charge < -0.3 is 10.2 Å². The first-order valence-corrected chi connectivity index (χ1v) is 7.97. The highest BCUT2D eigenvalue weighted by atomic mass is 16.3. The highest BCUT2D eigenvalue weighted by Crippen LogP contribution is 2.49. The largest absolute Gasteiger partial charge is 0.392 e. The monoisotopic (exact) mass is 278 g/mol. The van der Waals surface area contributed by atoms with Crippen LogP contribution in [0.25, 0.3) is 0 Å². The third-order valence-corrected chi connectivity index (χ3v) is 4.96. The van der Waals surface area contributed by atoms with E-state index in [0.717, 1.165) is 25.7 Å². The number of rotatable bonds is 4. The molecule has 0 aromatic heterocycles. The summed E-state index contributed by atoms with van der Waals surface area (Å²) in [7, 11) is 0. The van der Waals surface area contributed by atoms with E-state index in [1.807, 2.05) is 6.92 Å².